The molecule has 0 aliphatic heterocycles. The van der Waals surface area contributed by atoms with Crippen LogP contribution in [-0.2, 0) is 12.6 Å². The number of hydrogen-bond acceptors (Lipinski definition) is 3. The highest BCUT2D eigenvalue weighted by Crippen LogP contribution is 2.18. The maximum atomic E-state index is 5.17. The third kappa shape index (κ3) is 3.04. The van der Waals surface area contributed by atoms with E-state index < -0.39 is 0 Å². The number of hydrogen-bond donors (Lipinski definition) is 0. The first kappa shape index (κ1) is 11.6. The van der Waals surface area contributed by atoms with Crippen molar-refractivity contribution in [1.82, 2.24) is 0 Å². The molecule has 0 unspecified atom stereocenters. The van der Waals surface area contributed by atoms with Crippen molar-refractivity contribution in [2.75, 3.05) is 7.11 Å². The van der Waals surface area contributed by atoms with Crippen LogP contribution in [0.25, 0.3) is 0 Å². The third-order valence-electron chi connectivity index (χ3n) is 2.33. The molecule has 2 aromatic rings. The highest BCUT2D eigenvalue weighted by Gasteiger charge is 1.91. The number of methoxy groups -OCH3 is 1. The zero-order valence-corrected chi connectivity index (χ0v) is 10.3. The molecule has 0 saturated carbocycles. The second-order valence-corrected chi connectivity index (χ2v) is 3.94. The van der Waals surface area contributed by atoms with Gasteiger partial charge in [-0.1, -0.05) is 18.2 Å². The summed E-state index contributed by atoms with van der Waals surface area (Å²) in [6.45, 7) is 0. The summed E-state index contributed by atoms with van der Waals surface area (Å²) in [6, 6.07) is 15.3. The van der Waals surface area contributed by atoms with Gasteiger partial charge in [0.15, 0.2) is 0 Å². The van der Waals surface area contributed by atoms with Crippen LogP contribution in [0, 0.1) is 0 Å². The lowest BCUT2D eigenvalue weighted by molar-refractivity contribution is 0.415. The normalized spacial score (nSPS) is 10.6. The van der Waals surface area contributed by atoms with Crippen molar-refractivity contribution in [2.45, 2.75) is 4.90 Å². The van der Waals surface area contributed by atoms with E-state index in [0.29, 0.717) is 0 Å². The zero-order chi connectivity index (χ0) is 12.1. The zero-order valence-electron chi connectivity index (χ0n) is 9.46. The standard InChI is InChI=1S/C14H13NOS/c1-16-12-8-6-11(7-9-12)10-15-13-4-2-3-5-14(13)17/h2-10,17H,1H3/p-1. The Hall–Kier alpha value is -1.87. The molecule has 17 heavy (non-hydrogen) atoms. The average Bonchev–Trinajstić information content (AvgIpc) is 2.38. The topological polar surface area (TPSA) is 21.6 Å². The summed E-state index contributed by atoms with van der Waals surface area (Å²) in [5.74, 6) is 0.839. The Kier molecular flexibility index (Phi) is 3.73. The van der Waals surface area contributed by atoms with E-state index in [0.717, 1.165) is 21.9 Å². The molecule has 0 spiro atoms. The summed E-state index contributed by atoms with van der Waals surface area (Å²) >= 11 is 5.17. The number of rotatable bonds is 3. The van der Waals surface area contributed by atoms with E-state index in [1.54, 1.807) is 13.3 Å². The number of benzene rings is 2. The second-order valence-electron chi connectivity index (χ2n) is 3.50. The lowest BCUT2D eigenvalue weighted by atomic mass is 10.2. The Labute approximate surface area is 106 Å². The third-order valence-corrected chi connectivity index (χ3v) is 2.68. The van der Waals surface area contributed by atoms with Gasteiger partial charge in [0.1, 0.15) is 5.75 Å². The molecule has 0 fully saturated rings. The van der Waals surface area contributed by atoms with Gasteiger partial charge in [-0.15, -0.1) is 4.90 Å². The summed E-state index contributed by atoms with van der Waals surface area (Å²) < 4.78 is 5.09. The lowest BCUT2D eigenvalue weighted by Gasteiger charge is -2.08. The molecule has 0 bridgehead atoms. The van der Waals surface area contributed by atoms with Gasteiger partial charge in [0.05, 0.1) is 7.11 Å². The minimum absolute atomic E-state index is 0.761. The van der Waals surface area contributed by atoms with Crippen LogP contribution >= 0.6 is 0 Å². The predicted octanol–water partition coefficient (Wildman–Crippen LogP) is 3.35. The molecule has 3 heteroatoms. The summed E-state index contributed by atoms with van der Waals surface area (Å²) in [4.78, 5) is 5.12. The molecule has 0 heterocycles. The Balaban J connectivity index is 2.17. The lowest BCUT2D eigenvalue weighted by Crippen LogP contribution is -1.84. The van der Waals surface area contributed by atoms with Crippen molar-refractivity contribution in [3.63, 3.8) is 0 Å². The number of para-hydroxylation sites is 1. The molecule has 86 valence electrons. The van der Waals surface area contributed by atoms with E-state index in [1.165, 1.54) is 0 Å². The fourth-order valence-corrected chi connectivity index (χ4v) is 1.60. The molecule has 0 amide bonds. The van der Waals surface area contributed by atoms with Crippen molar-refractivity contribution in [1.29, 1.82) is 0 Å². The highest BCUT2D eigenvalue weighted by atomic mass is 32.1. The highest BCUT2D eigenvalue weighted by molar-refractivity contribution is 7.59. The Morgan fingerprint density at radius 2 is 1.76 bits per heavy atom. The van der Waals surface area contributed by atoms with Crippen molar-refractivity contribution in [3.8, 4) is 5.75 Å². The molecule has 0 aliphatic carbocycles. The van der Waals surface area contributed by atoms with Crippen molar-refractivity contribution in [2.24, 2.45) is 4.99 Å². The Morgan fingerprint density at radius 3 is 2.41 bits per heavy atom. The van der Waals surface area contributed by atoms with Gasteiger partial charge in [0, 0.05) is 11.9 Å². The molecular weight excluding hydrogens is 230 g/mol. The van der Waals surface area contributed by atoms with Gasteiger partial charge < -0.3 is 17.4 Å². The van der Waals surface area contributed by atoms with Crippen molar-refractivity contribution >= 4 is 24.5 Å². The average molecular weight is 242 g/mol. The van der Waals surface area contributed by atoms with Gasteiger partial charge >= 0.3 is 0 Å². The summed E-state index contributed by atoms with van der Waals surface area (Å²) in [6.07, 6.45) is 1.80. The molecule has 0 saturated heterocycles. The largest absolute Gasteiger partial charge is 0.778 e. The van der Waals surface area contributed by atoms with Crippen molar-refractivity contribution in [3.05, 3.63) is 54.1 Å². The minimum atomic E-state index is 0.761. The van der Waals surface area contributed by atoms with Crippen LogP contribution in [0.15, 0.2) is 58.4 Å². The van der Waals surface area contributed by atoms with E-state index in [-0.39, 0.29) is 0 Å². The van der Waals surface area contributed by atoms with E-state index in [9.17, 15) is 0 Å². The van der Waals surface area contributed by atoms with Crippen LogP contribution in [-0.4, -0.2) is 13.3 Å². The predicted molar refractivity (Wildman–Crippen MR) is 72.3 cm³/mol. The Bertz CT molecular complexity index is 520. The number of ether oxygens (including phenoxy) is 1. The van der Waals surface area contributed by atoms with E-state index >= 15 is 0 Å². The number of aliphatic imine (C=N–C) groups is 1. The molecule has 2 nitrogen and oxygen atoms in total. The fraction of sp³-hybridized carbons (Fsp3) is 0.0714. The second kappa shape index (κ2) is 5.46. The smallest absolute Gasteiger partial charge is 0.118 e. The van der Waals surface area contributed by atoms with Crippen LogP contribution in [0.2, 0.25) is 0 Å². The molecule has 0 radical (unpaired) electrons. The SMILES string of the molecule is COc1ccc(C=Nc2ccccc2[S-])cc1. The van der Waals surface area contributed by atoms with Gasteiger partial charge in [0.25, 0.3) is 0 Å². The molecule has 2 aromatic carbocycles. The molecule has 0 N–H and O–H groups in total. The van der Waals surface area contributed by atoms with E-state index in [1.807, 2.05) is 48.5 Å². The van der Waals surface area contributed by atoms with Crippen LogP contribution < -0.4 is 4.74 Å². The van der Waals surface area contributed by atoms with Crippen LogP contribution in [0.4, 0.5) is 5.69 Å². The summed E-state index contributed by atoms with van der Waals surface area (Å²) in [5, 5.41) is 0. The first-order valence-electron chi connectivity index (χ1n) is 5.24. The molecule has 0 atom stereocenters. The molecule has 0 aromatic heterocycles. The maximum Gasteiger partial charge on any atom is 0.118 e. The fourth-order valence-electron chi connectivity index (χ4n) is 1.40. The molecular formula is C14H12NOS-. The Morgan fingerprint density at radius 1 is 1.06 bits per heavy atom. The van der Waals surface area contributed by atoms with Crippen LogP contribution in [0.5, 0.6) is 5.75 Å². The first-order valence-corrected chi connectivity index (χ1v) is 5.64. The van der Waals surface area contributed by atoms with Gasteiger partial charge in [-0.05, 0) is 35.9 Å². The maximum absolute atomic E-state index is 5.17. The van der Waals surface area contributed by atoms with E-state index in [2.05, 4.69) is 4.99 Å². The number of nitrogens with zero attached hydrogens (tertiary/aromatic N) is 1. The monoisotopic (exact) mass is 242 g/mol. The van der Waals surface area contributed by atoms with E-state index in [4.69, 9.17) is 17.4 Å². The van der Waals surface area contributed by atoms with Crippen LogP contribution in [0.1, 0.15) is 5.56 Å². The van der Waals surface area contributed by atoms with Gasteiger partial charge in [0.2, 0.25) is 0 Å². The van der Waals surface area contributed by atoms with Crippen LogP contribution in [0.3, 0.4) is 0 Å². The van der Waals surface area contributed by atoms with Gasteiger partial charge in [-0.25, -0.2) is 0 Å². The van der Waals surface area contributed by atoms with Gasteiger partial charge in [-0.2, -0.15) is 0 Å². The molecule has 0 aliphatic rings. The molecule has 2 rings (SSSR count). The first-order chi connectivity index (χ1) is 8.29. The minimum Gasteiger partial charge on any atom is -0.778 e. The van der Waals surface area contributed by atoms with Crippen molar-refractivity contribution < 1.29 is 4.74 Å². The van der Waals surface area contributed by atoms with Gasteiger partial charge in [-0.3, -0.25) is 4.99 Å². The summed E-state index contributed by atoms with van der Waals surface area (Å²) in [7, 11) is 1.65. The summed E-state index contributed by atoms with van der Waals surface area (Å²) in [5.41, 5.74) is 1.84. The quantitative estimate of drug-likeness (QED) is 0.608.